The molecule has 10 nitrogen and oxygen atoms in total. The number of halogens is 3. The van der Waals surface area contributed by atoms with Crippen LogP contribution >= 0.6 is 0 Å². The van der Waals surface area contributed by atoms with Gasteiger partial charge in [0.15, 0.2) is 0 Å². The zero-order valence-corrected chi connectivity index (χ0v) is 22.8. The van der Waals surface area contributed by atoms with Crippen LogP contribution in [0.4, 0.5) is 13.2 Å². The molecule has 1 spiro atoms. The van der Waals surface area contributed by atoms with Gasteiger partial charge in [0, 0.05) is 39.8 Å². The summed E-state index contributed by atoms with van der Waals surface area (Å²) in [7, 11) is 0. The average Bonchev–Trinajstić information content (AvgIpc) is 3.72. The van der Waals surface area contributed by atoms with E-state index in [0.29, 0.717) is 30.8 Å². The number of hydrogen-bond acceptors (Lipinski definition) is 7. The topological polar surface area (TPSA) is 160 Å². The Bertz CT molecular complexity index is 1450. The van der Waals surface area contributed by atoms with Crippen LogP contribution in [0.2, 0.25) is 0 Å². The van der Waals surface area contributed by atoms with E-state index in [9.17, 15) is 22.8 Å². The van der Waals surface area contributed by atoms with Crippen LogP contribution in [0, 0.1) is 6.92 Å². The van der Waals surface area contributed by atoms with Crippen molar-refractivity contribution < 1.29 is 42.6 Å². The number of nitrogens with one attached hydrogen (secondary N) is 3. The van der Waals surface area contributed by atoms with E-state index >= 15 is 0 Å². The molecule has 42 heavy (non-hydrogen) atoms. The van der Waals surface area contributed by atoms with E-state index in [1.807, 2.05) is 37.3 Å². The number of alkyl halides is 3. The molecule has 3 aromatic rings. The summed E-state index contributed by atoms with van der Waals surface area (Å²) in [4.78, 5) is 38.5. The third-order valence-corrected chi connectivity index (χ3v) is 7.53. The van der Waals surface area contributed by atoms with Crippen LogP contribution in [-0.2, 0) is 16.2 Å². The fourth-order valence-corrected chi connectivity index (χ4v) is 5.07. The summed E-state index contributed by atoms with van der Waals surface area (Å²) in [5.41, 5.74) is 4.63. The number of benzene rings is 2. The summed E-state index contributed by atoms with van der Waals surface area (Å²) >= 11 is 0. The van der Waals surface area contributed by atoms with Crippen molar-refractivity contribution in [1.82, 2.24) is 21.1 Å². The number of aryl methyl sites for hydroxylation is 1. The Hall–Kier alpha value is -4.23. The van der Waals surface area contributed by atoms with Crippen molar-refractivity contribution in [2.45, 2.75) is 62.9 Å². The van der Waals surface area contributed by atoms with Gasteiger partial charge in [0.25, 0.3) is 5.91 Å². The number of carbonyl (C=O) groups excluding carboxylic acids is 2. The number of amides is 2. The number of rotatable bonds is 7. The largest absolute Gasteiger partial charge is 0.490 e. The van der Waals surface area contributed by atoms with Crippen LogP contribution in [0.25, 0.3) is 10.9 Å². The number of nitrogens with zero attached hydrogens (tertiary/aromatic N) is 1. The molecule has 0 unspecified atom stereocenters. The molecule has 5 N–H and O–H groups in total. The minimum Gasteiger partial charge on any atom is -0.489 e. The van der Waals surface area contributed by atoms with Gasteiger partial charge >= 0.3 is 12.1 Å². The van der Waals surface area contributed by atoms with Gasteiger partial charge in [-0.1, -0.05) is 18.2 Å². The summed E-state index contributed by atoms with van der Waals surface area (Å²) in [5.74, 6) is -2.83. The number of hydroxylamine groups is 1. The highest BCUT2D eigenvalue weighted by molar-refractivity contribution is 5.95. The standard InChI is InChI=1S/C27H30N4O4.C2HF3O2/c1-18-14-20(22-4-2-3-5-23(22)29-18)16-35-21-8-6-19(7-9-21)25(33)30-26(15-24(32)31-34)10-12-27(13-11-26)17-28-27;3-2(4,5)1(6)7/h2-9,14,28,34H,10-13,15-17H2,1H3,(H,30,33)(H,31,32);(H,6,7). The highest BCUT2D eigenvalue weighted by Gasteiger charge is 2.50. The third kappa shape index (κ3) is 7.74. The van der Waals surface area contributed by atoms with Gasteiger partial charge < -0.3 is 20.5 Å². The maximum Gasteiger partial charge on any atom is 0.490 e. The number of carboxylic acids is 1. The molecule has 1 saturated carbocycles. The van der Waals surface area contributed by atoms with Crippen molar-refractivity contribution in [2.75, 3.05) is 6.54 Å². The number of aliphatic carboxylic acids is 1. The summed E-state index contributed by atoms with van der Waals surface area (Å²) in [6.07, 6.45) is -1.89. The van der Waals surface area contributed by atoms with Gasteiger partial charge in [-0.15, -0.1) is 0 Å². The van der Waals surface area contributed by atoms with E-state index in [1.165, 1.54) is 0 Å². The summed E-state index contributed by atoms with van der Waals surface area (Å²) in [5, 5.41) is 23.7. The predicted molar refractivity (Wildman–Crippen MR) is 145 cm³/mol. The smallest absolute Gasteiger partial charge is 0.489 e. The van der Waals surface area contributed by atoms with Crippen molar-refractivity contribution in [1.29, 1.82) is 0 Å². The molecule has 2 amide bonds. The number of hydrogen-bond donors (Lipinski definition) is 5. The number of pyridine rings is 1. The average molecular weight is 589 g/mol. The molecule has 2 heterocycles. The predicted octanol–water partition coefficient (Wildman–Crippen LogP) is 4.04. The summed E-state index contributed by atoms with van der Waals surface area (Å²) in [6.45, 7) is 3.34. The first-order valence-electron chi connectivity index (χ1n) is 13.2. The number of fused-ring (bicyclic) bond motifs is 1. The fraction of sp³-hybridized carbons (Fsp3) is 0.379. The molecule has 1 aliphatic carbocycles. The second-order valence-corrected chi connectivity index (χ2v) is 10.6. The maximum absolute atomic E-state index is 13.1. The van der Waals surface area contributed by atoms with Crippen LogP contribution in [0.15, 0.2) is 54.6 Å². The first kappa shape index (κ1) is 30.7. The number of ether oxygens (including phenoxy) is 1. The van der Waals surface area contributed by atoms with Gasteiger partial charge in [-0.3, -0.25) is 19.8 Å². The number of carbonyl (C=O) groups is 3. The lowest BCUT2D eigenvalue weighted by Gasteiger charge is -2.40. The first-order valence-corrected chi connectivity index (χ1v) is 13.2. The van der Waals surface area contributed by atoms with E-state index in [0.717, 1.165) is 41.5 Å². The Morgan fingerprint density at radius 2 is 1.67 bits per heavy atom. The second-order valence-electron chi connectivity index (χ2n) is 10.6. The van der Waals surface area contributed by atoms with Crippen molar-refractivity contribution in [2.24, 2.45) is 0 Å². The Balaban J connectivity index is 0.000000517. The van der Waals surface area contributed by atoms with E-state index < -0.39 is 23.6 Å². The molecule has 1 saturated heterocycles. The number of carboxylic acid groups (broad SMARTS) is 1. The van der Waals surface area contributed by atoms with E-state index in [4.69, 9.17) is 19.8 Å². The SMILES string of the molecule is Cc1cc(COc2ccc(C(=O)NC3(CC(=O)NO)CCC4(CC3)CN4)cc2)c2ccccc2n1.O=C(O)C(F)(F)F. The highest BCUT2D eigenvalue weighted by Crippen LogP contribution is 2.41. The van der Waals surface area contributed by atoms with Crippen molar-refractivity contribution >= 4 is 28.7 Å². The van der Waals surface area contributed by atoms with E-state index in [-0.39, 0.29) is 17.9 Å². The first-order chi connectivity index (χ1) is 19.8. The molecule has 0 atom stereocenters. The summed E-state index contributed by atoms with van der Waals surface area (Å²) in [6, 6.07) is 17.0. The normalized spacial score (nSPS) is 21.2. The summed E-state index contributed by atoms with van der Waals surface area (Å²) < 4.78 is 37.7. The lowest BCUT2D eigenvalue weighted by molar-refractivity contribution is -0.192. The molecule has 224 valence electrons. The quantitative estimate of drug-likeness (QED) is 0.157. The minimum absolute atomic E-state index is 0.0474. The van der Waals surface area contributed by atoms with E-state index in [1.54, 1.807) is 29.7 Å². The van der Waals surface area contributed by atoms with Crippen molar-refractivity contribution in [3.8, 4) is 5.75 Å². The molecule has 1 aliphatic heterocycles. The highest BCUT2D eigenvalue weighted by atomic mass is 19.4. The van der Waals surface area contributed by atoms with Crippen molar-refractivity contribution in [3.63, 3.8) is 0 Å². The zero-order chi connectivity index (χ0) is 30.5. The Labute approximate surface area is 239 Å². The van der Waals surface area contributed by atoms with Crippen molar-refractivity contribution in [3.05, 3.63) is 71.4 Å². The molecule has 2 fully saturated rings. The second kappa shape index (κ2) is 12.3. The molecule has 2 aliphatic rings. The zero-order valence-electron chi connectivity index (χ0n) is 22.8. The van der Waals surface area contributed by atoms with Crippen LogP contribution in [0.5, 0.6) is 5.75 Å². The van der Waals surface area contributed by atoms with Gasteiger partial charge in [0.1, 0.15) is 12.4 Å². The monoisotopic (exact) mass is 588 g/mol. The van der Waals surface area contributed by atoms with Gasteiger partial charge in [0.2, 0.25) is 5.91 Å². The van der Waals surface area contributed by atoms with Gasteiger partial charge in [-0.05, 0) is 69.0 Å². The van der Waals surface area contributed by atoms with Crippen LogP contribution < -0.4 is 20.9 Å². The number of para-hydroxylation sites is 1. The van der Waals surface area contributed by atoms with Gasteiger partial charge in [-0.25, -0.2) is 10.3 Å². The molecule has 2 aromatic carbocycles. The Morgan fingerprint density at radius 1 is 1.05 bits per heavy atom. The van der Waals surface area contributed by atoms with E-state index in [2.05, 4.69) is 15.6 Å². The lowest BCUT2D eigenvalue weighted by atomic mass is 9.74. The molecular formula is C29H31F3N4O6. The molecule has 0 radical (unpaired) electrons. The molecule has 0 bridgehead atoms. The Kier molecular flexibility index (Phi) is 9.02. The fourth-order valence-electron chi connectivity index (χ4n) is 5.07. The molecule has 5 rings (SSSR count). The third-order valence-electron chi connectivity index (χ3n) is 7.53. The van der Waals surface area contributed by atoms with Gasteiger partial charge in [-0.2, -0.15) is 13.2 Å². The van der Waals surface area contributed by atoms with Crippen LogP contribution in [0.3, 0.4) is 0 Å². The molecule has 1 aromatic heterocycles. The molecule has 13 heteroatoms. The minimum atomic E-state index is -5.08. The van der Waals surface area contributed by atoms with Gasteiger partial charge in [0.05, 0.1) is 11.9 Å². The maximum atomic E-state index is 13.1. The lowest BCUT2D eigenvalue weighted by Crippen LogP contribution is -2.54. The van der Waals surface area contributed by atoms with Crippen LogP contribution in [-0.4, -0.2) is 56.9 Å². The van der Waals surface area contributed by atoms with Crippen LogP contribution in [0.1, 0.15) is 53.7 Å². The number of aromatic nitrogens is 1. The Morgan fingerprint density at radius 3 is 2.24 bits per heavy atom. The molecular weight excluding hydrogens is 557 g/mol.